The van der Waals surface area contributed by atoms with Crippen molar-refractivity contribution >= 4 is 23.5 Å². The Morgan fingerprint density at radius 3 is 2.58 bits per heavy atom. The molecule has 1 aromatic heterocycles. The summed E-state index contributed by atoms with van der Waals surface area (Å²) in [6.07, 6.45) is 0.649. The largest absolute Gasteiger partial charge is 0.321 e. The fraction of sp³-hybridized carbons (Fsp3) is 0.250. The Morgan fingerprint density at radius 2 is 1.96 bits per heavy atom. The first-order chi connectivity index (χ1) is 12.2. The van der Waals surface area contributed by atoms with E-state index < -0.39 is 51.7 Å². The average molecular weight is 388 g/mol. The van der Waals surface area contributed by atoms with Crippen molar-refractivity contribution < 1.29 is 22.4 Å². The zero-order chi connectivity index (χ0) is 19.5. The molecule has 1 aromatic carbocycles. The lowest BCUT2D eigenvalue weighted by Crippen LogP contribution is -2.39. The lowest BCUT2D eigenvalue weighted by atomic mass is 9.93. The summed E-state index contributed by atoms with van der Waals surface area (Å²) in [6.45, 7) is 1.44. The Morgan fingerprint density at radius 1 is 1.27 bits per heavy atom. The van der Waals surface area contributed by atoms with Gasteiger partial charge in [0.05, 0.1) is 17.4 Å². The van der Waals surface area contributed by atoms with E-state index in [1.807, 2.05) is 0 Å². The van der Waals surface area contributed by atoms with Crippen LogP contribution in [0.4, 0.5) is 23.2 Å². The highest BCUT2D eigenvalue weighted by Crippen LogP contribution is 2.31. The maximum atomic E-state index is 14.8. The first kappa shape index (κ1) is 20.1. The molecule has 5 nitrogen and oxygen atoms in total. The average Bonchev–Trinajstić information content (AvgIpc) is 2.55. The second-order valence-corrected chi connectivity index (χ2v) is 6.62. The van der Waals surface area contributed by atoms with Crippen LogP contribution >= 0.6 is 11.9 Å². The lowest BCUT2D eigenvalue weighted by Gasteiger charge is -2.26. The van der Waals surface area contributed by atoms with Crippen LogP contribution in [-0.2, 0) is 5.54 Å². The van der Waals surface area contributed by atoms with Gasteiger partial charge in [-0.15, -0.1) is 0 Å². The quantitative estimate of drug-likeness (QED) is 0.524. The number of pyridine rings is 1. The molecule has 0 fully saturated rings. The Kier molecular flexibility index (Phi) is 6.21. The number of hydrogen-bond acceptors (Lipinski definition) is 5. The molecule has 0 radical (unpaired) electrons. The van der Waals surface area contributed by atoms with Crippen molar-refractivity contribution in [2.45, 2.75) is 12.5 Å². The van der Waals surface area contributed by atoms with Crippen LogP contribution in [0, 0.1) is 23.3 Å². The number of nitrogens with one attached hydrogen (secondary N) is 2. The van der Waals surface area contributed by atoms with E-state index in [4.69, 9.17) is 5.73 Å². The molecule has 2 aromatic rings. The molecule has 0 bridgehead atoms. The minimum Gasteiger partial charge on any atom is -0.321 e. The fourth-order valence-electron chi connectivity index (χ4n) is 2.23. The molecule has 0 spiro atoms. The maximum Gasteiger partial charge on any atom is 0.277 e. The van der Waals surface area contributed by atoms with E-state index in [1.54, 1.807) is 7.05 Å². The van der Waals surface area contributed by atoms with E-state index in [2.05, 4.69) is 15.0 Å². The maximum absolute atomic E-state index is 14.8. The molecule has 10 heteroatoms. The summed E-state index contributed by atoms with van der Waals surface area (Å²) in [4.78, 5) is 15.4. The minimum atomic E-state index is -1.39. The van der Waals surface area contributed by atoms with Gasteiger partial charge < -0.3 is 11.1 Å². The predicted octanol–water partition coefficient (Wildman–Crippen LogP) is 2.93. The van der Waals surface area contributed by atoms with Crippen LogP contribution < -0.4 is 15.8 Å². The number of benzene rings is 1. The van der Waals surface area contributed by atoms with E-state index in [1.165, 1.54) is 6.92 Å². The molecule has 26 heavy (non-hydrogen) atoms. The number of nitrogens with zero attached hydrogens (tertiary/aromatic N) is 1. The molecule has 1 amide bonds. The van der Waals surface area contributed by atoms with Gasteiger partial charge in [0.25, 0.3) is 5.91 Å². The number of aromatic nitrogens is 1. The van der Waals surface area contributed by atoms with Gasteiger partial charge in [-0.3, -0.25) is 9.52 Å². The summed E-state index contributed by atoms with van der Waals surface area (Å²) in [5, 5.41) is 2.10. The van der Waals surface area contributed by atoms with Crippen LogP contribution in [0.2, 0.25) is 0 Å². The van der Waals surface area contributed by atoms with Gasteiger partial charge in [-0.25, -0.2) is 22.5 Å². The number of amides is 1. The number of halogens is 4. The fourth-order valence-corrected chi connectivity index (χ4v) is 2.82. The Bertz CT molecular complexity index is 832. The van der Waals surface area contributed by atoms with Gasteiger partial charge in [0.1, 0.15) is 11.6 Å². The van der Waals surface area contributed by atoms with Crippen molar-refractivity contribution in [2.24, 2.45) is 5.73 Å². The van der Waals surface area contributed by atoms with Gasteiger partial charge in [0.2, 0.25) is 0 Å². The monoisotopic (exact) mass is 388 g/mol. The van der Waals surface area contributed by atoms with Crippen molar-refractivity contribution in [1.29, 1.82) is 0 Å². The minimum absolute atomic E-state index is 0.142. The van der Waals surface area contributed by atoms with Crippen LogP contribution in [0.1, 0.15) is 23.0 Å². The highest BCUT2D eigenvalue weighted by atomic mass is 32.2. The Balaban J connectivity index is 2.36. The van der Waals surface area contributed by atoms with Crippen LogP contribution in [-0.4, -0.2) is 23.7 Å². The molecule has 0 aliphatic heterocycles. The summed E-state index contributed by atoms with van der Waals surface area (Å²) in [5.74, 6) is -5.10. The third-order valence-corrected chi connectivity index (χ3v) is 4.48. The third kappa shape index (κ3) is 4.32. The second kappa shape index (κ2) is 8.02. The zero-order valence-electron chi connectivity index (χ0n) is 13.9. The Labute approximate surface area is 151 Å². The van der Waals surface area contributed by atoms with Crippen molar-refractivity contribution in [3.8, 4) is 0 Å². The van der Waals surface area contributed by atoms with Gasteiger partial charge in [-0.1, -0.05) is 11.9 Å². The molecule has 0 aliphatic carbocycles. The molecule has 140 valence electrons. The van der Waals surface area contributed by atoms with E-state index in [0.717, 1.165) is 24.1 Å². The normalized spacial score (nSPS) is 13.3. The highest BCUT2D eigenvalue weighted by Gasteiger charge is 2.31. The third-order valence-electron chi connectivity index (χ3n) is 3.45. The van der Waals surface area contributed by atoms with Crippen molar-refractivity contribution in [1.82, 2.24) is 9.71 Å². The predicted molar refractivity (Wildman–Crippen MR) is 91.5 cm³/mol. The van der Waals surface area contributed by atoms with Crippen LogP contribution in [0.15, 0.2) is 24.4 Å². The molecule has 0 unspecified atom stereocenters. The molecular formula is C16H16F4N4OS. The van der Waals surface area contributed by atoms with Crippen LogP contribution in [0.3, 0.4) is 0 Å². The van der Waals surface area contributed by atoms with E-state index >= 15 is 0 Å². The van der Waals surface area contributed by atoms with Gasteiger partial charge in [-0.05, 0) is 26.1 Å². The van der Waals surface area contributed by atoms with Crippen molar-refractivity contribution in [3.05, 3.63) is 58.9 Å². The van der Waals surface area contributed by atoms with Crippen LogP contribution in [0.5, 0.6) is 0 Å². The number of anilines is 1. The van der Waals surface area contributed by atoms with E-state index in [0.29, 0.717) is 12.3 Å². The molecular weight excluding hydrogens is 372 g/mol. The number of hydrogen-bond donors (Lipinski definition) is 3. The van der Waals surface area contributed by atoms with E-state index in [-0.39, 0.29) is 5.75 Å². The van der Waals surface area contributed by atoms with Crippen molar-refractivity contribution in [3.63, 3.8) is 0 Å². The summed E-state index contributed by atoms with van der Waals surface area (Å²) in [7, 11) is 1.63. The number of rotatable bonds is 6. The molecule has 2 rings (SSSR count). The van der Waals surface area contributed by atoms with E-state index in [9.17, 15) is 22.4 Å². The Hall–Kier alpha value is -2.17. The molecule has 0 aliphatic rings. The highest BCUT2D eigenvalue weighted by molar-refractivity contribution is 7.97. The lowest BCUT2D eigenvalue weighted by molar-refractivity contribution is 0.101. The molecule has 1 heterocycles. The number of carbonyl (C=O) groups excluding carboxylic acids is 1. The van der Waals surface area contributed by atoms with Gasteiger partial charge >= 0.3 is 0 Å². The smallest absolute Gasteiger partial charge is 0.277 e. The summed E-state index contributed by atoms with van der Waals surface area (Å²) >= 11 is 1.16. The standard InChI is InChI=1S/C16H16F4N4OS/c1-16(21,7-26-22-2)12-9(18)3-4-11(13(12)20)24-15(25)14-10(19)5-8(17)6-23-14/h3-6,22H,7,21H2,1-2H3,(H,24,25)/t16-/m0/s1. The first-order valence-electron chi connectivity index (χ1n) is 7.35. The topological polar surface area (TPSA) is 80.0 Å². The van der Waals surface area contributed by atoms with Gasteiger partial charge in [0, 0.05) is 17.4 Å². The van der Waals surface area contributed by atoms with Crippen LogP contribution in [0.25, 0.3) is 0 Å². The number of nitrogens with two attached hydrogens (primary N) is 1. The zero-order valence-corrected chi connectivity index (χ0v) is 14.7. The molecule has 1 atom stereocenters. The molecule has 4 N–H and O–H groups in total. The molecule has 0 saturated carbocycles. The molecule has 0 saturated heterocycles. The second-order valence-electron chi connectivity index (χ2n) is 5.63. The van der Waals surface area contributed by atoms with Gasteiger partial charge in [0.15, 0.2) is 17.3 Å². The van der Waals surface area contributed by atoms with Gasteiger partial charge in [-0.2, -0.15) is 0 Å². The van der Waals surface area contributed by atoms with Crippen molar-refractivity contribution in [2.75, 3.05) is 18.1 Å². The summed E-state index contributed by atoms with van der Waals surface area (Å²) in [6, 6.07) is 2.40. The first-order valence-corrected chi connectivity index (χ1v) is 8.34. The SMILES string of the molecule is CNSC[C@](C)(N)c1c(F)ccc(NC(=O)c2ncc(F)cc2F)c1F. The number of carbonyl (C=O) groups is 1. The summed E-state index contributed by atoms with van der Waals surface area (Å²) < 4.78 is 58.2. The summed E-state index contributed by atoms with van der Waals surface area (Å²) in [5.41, 5.74) is 3.07.